The highest BCUT2D eigenvalue weighted by molar-refractivity contribution is 5.87. The van der Waals surface area contributed by atoms with Gasteiger partial charge in [0, 0.05) is 11.1 Å². The highest BCUT2D eigenvalue weighted by atomic mass is 16.5. The predicted molar refractivity (Wildman–Crippen MR) is 77.6 cm³/mol. The minimum absolute atomic E-state index is 0.289. The first kappa shape index (κ1) is 15.4. The summed E-state index contributed by atoms with van der Waals surface area (Å²) in [5.41, 5.74) is 8.08. The molecule has 0 saturated heterocycles. The van der Waals surface area contributed by atoms with Crippen LogP contribution < -0.4 is 5.73 Å². The van der Waals surface area contributed by atoms with E-state index in [4.69, 9.17) is 10.5 Å². The lowest BCUT2D eigenvalue weighted by molar-refractivity contribution is -0.144. The zero-order valence-electron chi connectivity index (χ0n) is 12.2. The summed E-state index contributed by atoms with van der Waals surface area (Å²) in [5, 5.41) is 0. The van der Waals surface area contributed by atoms with Crippen molar-refractivity contribution in [2.75, 3.05) is 0 Å². The molecule has 2 N–H and O–H groups in total. The van der Waals surface area contributed by atoms with Crippen LogP contribution in [0.1, 0.15) is 51.3 Å². The summed E-state index contributed by atoms with van der Waals surface area (Å²) in [6, 6.07) is 7.82. The molecule has 0 spiro atoms. The van der Waals surface area contributed by atoms with E-state index in [-0.39, 0.29) is 12.1 Å². The number of carbonyl (C=O) groups is 1. The Kier molecular flexibility index (Phi) is 4.90. The Labute approximate surface area is 115 Å². The molecule has 19 heavy (non-hydrogen) atoms. The molecular formula is C16H23NO2. The van der Waals surface area contributed by atoms with Crippen LogP contribution in [0.4, 0.5) is 0 Å². The van der Waals surface area contributed by atoms with Gasteiger partial charge in [-0.1, -0.05) is 37.8 Å². The van der Waals surface area contributed by atoms with Crippen LogP contribution in [0.3, 0.4) is 0 Å². The Hall–Kier alpha value is -1.61. The molecule has 3 heteroatoms. The average Bonchev–Trinajstić information content (AvgIpc) is 2.34. The summed E-state index contributed by atoms with van der Waals surface area (Å²) in [4.78, 5) is 11.7. The molecule has 1 aromatic rings. The molecule has 1 aromatic carbocycles. The van der Waals surface area contributed by atoms with Gasteiger partial charge in [-0.2, -0.15) is 0 Å². The Balaban J connectivity index is 3.12. The third-order valence-corrected chi connectivity index (χ3v) is 2.97. The molecule has 0 saturated carbocycles. The average molecular weight is 261 g/mol. The summed E-state index contributed by atoms with van der Waals surface area (Å²) in [7, 11) is 0. The van der Waals surface area contributed by atoms with Crippen LogP contribution in [-0.2, 0) is 15.1 Å². The van der Waals surface area contributed by atoms with Crippen molar-refractivity contribution >= 4 is 5.97 Å². The molecule has 0 aliphatic rings. The van der Waals surface area contributed by atoms with Crippen molar-refractivity contribution in [2.45, 2.75) is 45.8 Å². The lowest BCUT2D eigenvalue weighted by Crippen LogP contribution is -2.31. The zero-order chi connectivity index (χ0) is 14.6. The molecule has 0 aliphatic heterocycles. The molecule has 0 heterocycles. The molecule has 1 rings (SSSR count). The fourth-order valence-corrected chi connectivity index (χ4v) is 1.96. The molecule has 0 radical (unpaired) electrons. The van der Waals surface area contributed by atoms with Gasteiger partial charge in [-0.25, -0.2) is 4.79 Å². The molecule has 1 atom stereocenters. The molecule has 0 bridgehead atoms. The molecular weight excluding hydrogens is 238 g/mol. The van der Waals surface area contributed by atoms with E-state index in [1.165, 1.54) is 0 Å². The molecule has 104 valence electrons. The topological polar surface area (TPSA) is 52.3 Å². The van der Waals surface area contributed by atoms with Gasteiger partial charge in [-0.05, 0) is 38.3 Å². The summed E-state index contributed by atoms with van der Waals surface area (Å²) in [6.45, 7) is 11.1. The second-order valence-electron chi connectivity index (χ2n) is 5.39. The van der Waals surface area contributed by atoms with E-state index >= 15 is 0 Å². The van der Waals surface area contributed by atoms with Gasteiger partial charge in [0.1, 0.15) is 6.10 Å². The maximum Gasteiger partial charge on any atom is 0.333 e. The summed E-state index contributed by atoms with van der Waals surface area (Å²) in [6.07, 6.45) is 0.412. The van der Waals surface area contributed by atoms with E-state index in [9.17, 15) is 4.79 Å². The van der Waals surface area contributed by atoms with Crippen LogP contribution in [-0.4, -0.2) is 5.97 Å². The number of carbonyl (C=O) groups excluding carboxylic acids is 1. The van der Waals surface area contributed by atoms with E-state index < -0.39 is 5.54 Å². The van der Waals surface area contributed by atoms with Crippen molar-refractivity contribution in [3.63, 3.8) is 0 Å². The maximum absolute atomic E-state index is 11.7. The van der Waals surface area contributed by atoms with Crippen molar-refractivity contribution in [1.82, 2.24) is 0 Å². The van der Waals surface area contributed by atoms with E-state index in [1.807, 2.05) is 45.0 Å². The Morgan fingerprint density at radius 1 is 1.42 bits per heavy atom. The van der Waals surface area contributed by atoms with Crippen molar-refractivity contribution in [2.24, 2.45) is 5.73 Å². The Morgan fingerprint density at radius 3 is 2.47 bits per heavy atom. The number of ether oxygens (including phenoxy) is 1. The normalized spacial score (nSPS) is 12.9. The summed E-state index contributed by atoms with van der Waals surface area (Å²) in [5.74, 6) is -0.364. The van der Waals surface area contributed by atoms with Crippen LogP contribution in [0.5, 0.6) is 0 Å². The third-order valence-electron chi connectivity index (χ3n) is 2.97. The highest BCUT2D eigenvalue weighted by Crippen LogP contribution is 2.30. The molecule has 0 aliphatic carbocycles. The van der Waals surface area contributed by atoms with Gasteiger partial charge in [-0.15, -0.1) is 0 Å². The van der Waals surface area contributed by atoms with Crippen LogP contribution in [0.25, 0.3) is 0 Å². The standard InChI is InChI=1S/C16H23NO2/c1-6-14(19-15(18)11(2)3)12-9-7-8-10-13(12)16(4,5)17/h7-10,14H,2,6,17H2,1,3-5H3. The van der Waals surface area contributed by atoms with Gasteiger partial charge in [0.05, 0.1) is 0 Å². The van der Waals surface area contributed by atoms with Crippen LogP contribution >= 0.6 is 0 Å². The van der Waals surface area contributed by atoms with Gasteiger partial charge in [0.2, 0.25) is 0 Å². The van der Waals surface area contributed by atoms with Gasteiger partial charge in [0.15, 0.2) is 0 Å². The van der Waals surface area contributed by atoms with Crippen molar-refractivity contribution in [3.8, 4) is 0 Å². The lowest BCUT2D eigenvalue weighted by atomic mass is 9.88. The van der Waals surface area contributed by atoms with Crippen molar-refractivity contribution in [3.05, 3.63) is 47.5 Å². The largest absolute Gasteiger partial charge is 0.454 e. The van der Waals surface area contributed by atoms with Crippen LogP contribution in [0.2, 0.25) is 0 Å². The lowest BCUT2D eigenvalue weighted by Gasteiger charge is -2.27. The molecule has 0 aromatic heterocycles. The van der Waals surface area contributed by atoms with E-state index in [2.05, 4.69) is 6.58 Å². The van der Waals surface area contributed by atoms with Gasteiger partial charge >= 0.3 is 5.97 Å². The fourth-order valence-electron chi connectivity index (χ4n) is 1.96. The second kappa shape index (κ2) is 6.02. The molecule has 0 fully saturated rings. The van der Waals surface area contributed by atoms with E-state index in [0.29, 0.717) is 12.0 Å². The first-order chi connectivity index (χ1) is 8.77. The quantitative estimate of drug-likeness (QED) is 0.652. The van der Waals surface area contributed by atoms with Crippen LogP contribution in [0.15, 0.2) is 36.4 Å². The third kappa shape index (κ3) is 3.93. The van der Waals surface area contributed by atoms with Crippen molar-refractivity contribution in [1.29, 1.82) is 0 Å². The summed E-state index contributed by atoms with van der Waals surface area (Å²) < 4.78 is 5.49. The Morgan fingerprint density at radius 2 is 2.00 bits per heavy atom. The first-order valence-corrected chi connectivity index (χ1v) is 6.52. The minimum atomic E-state index is -0.473. The van der Waals surface area contributed by atoms with E-state index in [0.717, 1.165) is 11.1 Å². The zero-order valence-corrected chi connectivity index (χ0v) is 12.2. The number of benzene rings is 1. The maximum atomic E-state index is 11.7. The first-order valence-electron chi connectivity index (χ1n) is 6.52. The number of hydrogen-bond donors (Lipinski definition) is 1. The number of hydrogen-bond acceptors (Lipinski definition) is 3. The van der Waals surface area contributed by atoms with E-state index in [1.54, 1.807) is 6.92 Å². The van der Waals surface area contributed by atoms with Gasteiger partial charge in [-0.3, -0.25) is 0 Å². The highest BCUT2D eigenvalue weighted by Gasteiger charge is 2.24. The molecule has 0 amide bonds. The van der Waals surface area contributed by atoms with Crippen LogP contribution in [0, 0.1) is 0 Å². The van der Waals surface area contributed by atoms with Gasteiger partial charge < -0.3 is 10.5 Å². The predicted octanol–water partition coefficient (Wildman–Crippen LogP) is 3.45. The fraction of sp³-hybridized carbons (Fsp3) is 0.438. The number of esters is 1. The SMILES string of the molecule is C=C(C)C(=O)OC(CC)c1ccccc1C(C)(C)N. The second-order valence-corrected chi connectivity index (χ2v) is 5.39. The smallest absolute Gasteiger partial charge is 0.333 e. The summed E-state index contributed by atoms with van der Waals surface area (Å²) >= 11 is 0. The van der Waals surface area contributed by atoms with Crippen molar-refractivity contribution < 1.29 is 9.53 Å². The van der Waals surface area contributed by atoms with Gasteiger partial charge in [0.25, 0.3) is 0 Å². The monoisotopic (exact) mass is 261 g/mol. The molecule has 1 unspecified atom stereocenters. The minimum Gasteiger partial charge on any atom is -0.454 e. The number of nitrogens with two attached hydrogens (primary N) is 1. The molecule has 3 nitrogen and oxygen atoms in total. The number of rotatable bonds is 5. The Bertz CT molecular complexity index is 472.